The molecule has 1 saturated heterocycles. The van der Waals surface area contributed by atoms with E-state index in [-0.39, 0.29) is 18.0 Å². The average Bonchev–Trinajstić information content (AvgIpc) is 3.34. The van der Waals surface area contributed by atoms with Gasteiger partial charge in [-0.3, -0.25) is 4.79 Å². The van der Waals surface area contributed by atoms with Crippen molar-refractivity contribution in [1.29, 1.82) is 0 Å². The Labute approximate surface area is 157 Å². The molecule has 1 aliphatic rings. The minimum absolute atomic E-state index is 0.0278. The summed E-state index contributed by atoms with van der Waals surface area (Å²) in [5.74, 6) is 1.51. The van der Waals surface area contributed by atoms with E-state index in [0.717, 1.165) is 28.2 Å². The van der Waals surface area contributed by atoms with E-state index in [9.17, 15) is 4.79 Å². The molecule has 6 heteroatoms. The molecule has 0 bridgehead atoms. The molecule has 27 heavy (non-hydrogen) atoms. The predicted molar refractivity (Wildman–Crippen MR) is 105 cm³/mol. The average molecular weight is 362 g/mol. The van der Waals surface area contributed by atoms with Crippen LogP contribution in [-0.2, 0) is 4.79 Å². The highest BCUT2D eigenvalue weighted by molar-refractivity contribution is 6.02. The Hall–Kier alpha value is -2.96. The summed E-state index contributed by atoms with van der Waals surface area (Å²) >= 11 is 0. The van der Waals surface area contributed by atoms with Gasteiger partial charge in [-0.05, 0) is 54.8 Å². The minimum atomic E-state index is -0.367. The Kier molecular flexibility index (Phi) is 4.75. The van der Waals surface area contributed by atoms with E-state index in [1.54, 1.807) is 0 Å². The van der Waals surface area contributed by atoms with Crippen LogP contribution in [0.2, 0.25) is 0 Å². The van der Waals surface area contributed by atoms with Gasteiger partial charge >= 0.3 is 0 Å². The minimum Gasteiger partial charge on any atom is -0.465 e. The highest BCUT2D eigenvalue weighted by Gasteiger charge is 2.31. The van der Waals surface area contributed by atoms with E-state index >= 15 is 0 Å². The third kappa shape index (κ3) is 3.77. The first-order valence-corrected chi connectivity index (χ1v) is 9.01. The van der Waals surface area contributed by atoms with Crippen LogP contribution in [0.1, 0.15) is 36.5 Å². The lowest BCUT2D eigenvalue weighted by Crippen LogP contribution is -2.41. The Bertz CT molecular complexity index is 1010. The van der Waals surface area contributed by atoms with Gasteiger partial charge in [-0.2, -0.15) is 5.10 Å². The number of furan rings is 1. The third-order valence-electron chi connectivity index (χ3n) is 4.83. The summed E-state index contributed by atoms with van der Waals surface area (Å²) in [5, 5.41) is 6.60. The van der Waals surface area contributed by atoms with E-state index in [4.69, 9.17) is 4.42 Å². The summed E-state index contributed by atoms with van der Waals surface area (Å²) in [5.41, 5.74) is 10.5. The van der Waals surface area contributed by atoms with Crippen molar-refractivity contribution in [2.45, 2.75) is 32.4 Å². The molecular formula is C21H22N4O2. The molecule has 4 rings (SSSR count). The van der Waals surface area contributed by atoms with Gasteiger partial charge in [0.1, 0.15) is 17.6 Å². The zero-order chi connectivity index (χ0) is 18.8. The molecule has 2 unspecified atom stereocenters. The van der Waals surface area contributed by atoms with Gasteiger partial charge < -0.3 is 4.42 Å². The van der Waals surface area contributed by atoms with Crippen LogP contribution in [0.4, 0.5) is 0 Å². The second-order valence-electron chi connectivity index (χ2n) is 6.81. The number of amides is 1. The molecule has 0 spiro atoms. The number of rotatable bonds is 4. The van der Waals surface area contributed by atoms with Gasteiger partial charge in [0.25, 0.3) is 5.91 Å². The van der Waals surface area contributed by atoms with Crippen molar-refractivity contribution in [3.63, 3.8) is 0 Å². The van der Waals surface area contributed by atoms with Crippen LogP contribution in [-0.4, -0.2) is 17.7 Å². The monoisotopic (exact) mass is 362 g/mol. The van der Waals surface area contributed by atoms with Gasteiger partial charge in [0.15, 0.2) is 0 Å². The first-order valence-electron chi connectivity index (χ1n) is 9.01. The van der Waals surface area contributed by atoms with Crippen molar-refractivity contribution in [3.05, 3.63) is 71.7 Å². The lowest BCUT2D eigenvalue weighted by atomic mass is 10.0. The van der Waals surface area contributed by atoms with Crippen LogP contribution in [0, 0.1) is 6.92 Å². The molecule has 1 aromatic heterocycles. The van der Waals surface area contributed by atoms with Crippen molar-refractivity contribution in [2.24, 2.45) is 5.10 Å². The second kappa shape index (κ2) is 7.34. The number of hydrogen-bond donors (Lipinski definition) is 3. The highest BCUT2D eigenvalue weighted by atomic mass is 16.3. The van der Waals surface area contributed by atoms with Crippen molar-refractivity contribution >= 4 is 22.4 Å². The molecule has 6 nitrogen and oxygen atoms in total. The number of benzene rings is 2. The number of hydrazone groups is 1. The maximum atomic E-state index is 12.4. The van der Waals surface area contributed by atoms with Crippen molar-refractivity contribution in [1.82, 2.24) is 16.3 Å². The van der Waals surface area contributed by atoms with Crippen LogP contribution in [0.15, 0.2) is 64.1 Å². The topological polar surface area (TPSA) is 78.7 Å². The predicted octanol–water partition coefficient (Wildman–Crippen LogP) is 3.19. The molecule has 1 amide bonds. The molecule has 2 heterocycles. The number of nitrogens with zero attached hydrogens (tertiary/aromatic N) is 1. The summed E-state index contributed by atoms with van der Waals surface area (Å²) in [7, 11) is 0. The Balaban J connectivity index is 1.40. The van der Waals surface area contributed by atoms with Gasteiger partial charge in [-0.1, -0.05) is 36.4 Å². The molecule has 0 aliphatic carbocycles. The smallest absolute Gasteiger partial charge is 0.258 e. The maximum Gasteiger partial charge on any atom is 0.258 e. The number of hydrazine groups is 1. The Morgan fingerprint density at radius 2 is 1.93 bits per heavy atom. The molecule has 1 fully saturated rings. The SMILES string of the molecule is C/C(=N\NC(=O)C1CC(c2ccc(C)o2)NN1)c1ccc2ccccc2c1. The van der Waals surface area contributed by atoms with Gasteiger partial charge in [0.05, 0.1) is 11.8 Å². The molecule has 138 valence electrons. The second-order valence-corrected chi connectivity index (χ2v) is 6.81. The largest absolute Gasteiger partial charge is 0.465 e. The van der Waals surface area contributed by atoms with Gasteiger partial charge in [-0.15, -0.1) is 0 Å². The summed E-state index contributed by atoms with van der Waals surface area (Å²) in [6.45, 7) is 3.79. The number of hydrogen-bond acceptors (Lipinski definition) is 5. The lowest BCUT2D eigenvalue weighted by molar-refractivity contribution is -0.122. The highest BCUT2D eigenvalue weighted by Crippen LogP contribution is 2.24. The molecule has 0 radical (unpaired) electrons. The van der Waals surface area contributed by atoms with E-state index in [1.165, 1.54) is 5.39 Å². The first-order chi connectivity index (χ1) is 13.1. The van der Waals surface area contributed by atoms with Crippen molar-refractivity contribution < 1.29 is 9.21 Å². The van der Waals surface area contributed by atoms with E-state index < -0.39 is 0 Å². The van der Waals surface area contributed by atoms with E-state index in [2.05, 4.69) is 45.6 Å². The molecule has 3 N–H and O–H groups in total. The van der Waals surface area contributed by atoms with Crippen LogP contribution < -0.4 is 16.3 Å². The fraction of sp³-hybridized carbons (Fsp3) is 0.238. The number of aryl methyl sites for hydroxylation is 1. The zero-order valence-electron chi connectivity index (χ0n) is 15.3. The van der Waals surface area contributed by atoms with Gasteiger partial charge in [0, 0.05) is 0 Å². The maximum absolute atomic E-state index is 12.4. The van der Waals surface area contributed by atoms with Crippen LogP contribution in [0.3, 0.4) is 0 Å². The summed E-state index contributed by atoms with van der Waals surface area (Å²) in [4.78, 5) is 12.4. The molecule has 3 aromatic rings. The fourth-order valence-electron chi connectivity index (χ4n) is 3.25. The number of fused-ring (bicyclic) bond motifs is 1. The quantitative estimate of drug-likeness (QED) is 0.492. The van der Waals surface area contributed by atoms with Crippen LogP contribution >= 0.6 is 0 Å². The van der Waals surface area contributed by atoms with Gasteiger partial charge in [0.2, 0.25) is 0 Å². The summed E-state index contributed by atoms with van der Waals surface area (Å²) < 4.78 is 5.62. The van der Waals surface area contributed by atoms with Crippen molar-refractivity contribution in [3.8, 4) is 0 Å². The Morgan fingerprint density at radius 1 is 1.11 bits per heavy atom. The molecule has 0 saturated carbocycles. The Morgan fingerprint density at radius 3 is 2.70 bits per heavy atom. The van der Waals surface area contributed by atoms with Crippen molar-refractivity contribution in [2.75, 3.05) is 0 Å². The standard InChI is InChI=1S/C21H22N4O2/c1-13-7-10-20(27-13)18-12-19(24-23-18)21(26)25-22-14(2)16-9-8-15-5-3-4-6-17(15)11-16/h3-11,18-19,23-24H,12H2,1-2H3,(H,25,26)/b22-14+. The van der Waals surface area contributed by atoms with E-state index in [0.29, 0.717) is 6.42 Å². The summed E-state index contributed by atoms with van der Waals surface area (Å²) in [6, 6.07) is 17.8. The molecule has 2 atom stereocenters. The van der Waals surface area contributed by atoms with E-state index in [1.807, 2.05) is 44.2 Å². The molecular weight excluding hydrogens is 340 g/mol. The number of nitrogens with one attached hydrogen (secondary N) is 3. The molecule has 1 aliphatic heterocycles. The van der Waals surface area contributed by atoms with Gasteiger partial charge in [-0.25, -0.2) is 16.3 Å². The third-order valence-corrected chi connectivity index (χ3v) is 4.83. The molecule has 2 aromatic carbocycles. The number of carbonyl (C=O) groups excluding carboxylic acids is 1. The van der Waals surface area contributed by atoms with Crippen LogP contribution in [0.5, 0.6) is 0 Å². The summed E-state index contributed by atoms with van der Waals surface area (Å²) in [6.07, 6.45) is 0.601. The van der Waals surface area contributed by atoms with Crippen LogP contribution in [0.25, 0.3) is 10.8 Å². The fourth-order valence-corrected chi connectivity index (χ4v) is 3.25. The normalized spacial score (nSPS) is 20.1. The zero-order valence-corrected chi connectivity index (χ0v) is 15.3. The lowest BCUT2D eigenvalue weighted by Gasteiger charge is -2.08. The first kappa shape index (κ1) is 17.5. The number of carbonyl (C=O) groups is 1.